The third-order valence-electron chi connectivity index (χ3n) is 5.14. The number of nitrogens with zero attached hydrogens (tertiary/aromatic N) is 1. The summed E-state index contributed by atoms with van der Waals surface area (Å²) in [6, 6.07) is 4.30. The molecule has 0 amide bonds. The predicted octanol–water partition coefficient (Wildman–Crippen LogP) is 6.01. The molecular formula is C22H27NO2S2. The first-order valence-electron chi connectivity index (χ1n) is 9.63. The van der Waals surface area contributed by atoms with Crippen molar-refractivity contribution in [3.8, 4) is 0 Å². The summed E-state index contributed by atoms with van der Waals surface area (Å²) in [4.78, 5) is 17.3. The fourth-order valence-corrected chi connectivity index (χ4v) is 5.69. The third-order valence-corrected chi connectivity index (χ3v) is 7.14. The van der Waals surface area contributed by atoms with E-state index >= 15 is 0 Å². The lowest BCUT2D eigenvalue weighted by molar-refractivity contribution is -0.115. The molecule has 1 aliphatic rings. The molecule has 1 N–H and O–H groups in total. The fraction of sp³-hybridized carbons (Fsp3) is 0.455. The largest absolute Gasteiger partial charge is 0.512 e. The van der Waals surface area contributed by atoms with Crippen LogP contribution in [0.3, 0.4) is 0 Å². The van der Waals surface area contributed by atoms with Gasteiger partial charge in [-0.3, -0.25) is 4.79 Å². The Morgan fingerprint density at radius 1 is 1.22 bits per heavy atom. The Labute approximate surface area is 169 Å². The van der Waals surface area contributed by atoms with Gasteiger partial charge in [-0.2, -0.15) is 0 Å². The monoisotopic (exact) mass is 401 g/mol. The standard InChI is InChI=1S/C22H27NO2S2/c1-4-16-10-14(3)11-17(5-2)20(16)21-18(24)12-15(13-19(21)25)6-8-26-22-23-7-9-27-22/h7,9-11,15,24H,4-6,8,12-13H2,1-3H3. The van der Waals surface area contributed by atoms with Crippen LogP contribution in [0.2, 0.25) is 0 Å². The number of aliphatic hydroxyl groups is 1. The number of Topliss-reactive ketones (excluding diaryl/α,β-unsaturated/α-hetero) is 1. The second-order valence-electron chi connectivity index (χ2n) is 7.12. The molecule has 3 rings (SSSR count). The number of hydrogen-bond donors (Lipinski definition) is 1. The van der Waals surface area contributed by atoms with E-state index in [4.69, 9.17) is 0 Å². The van der Waals surface area contributed by atoms with Crippen molar-refractivity contribution in [2.24, 2.45) is 5.92 Å². The zero-order chi connectivity index (χ0) is 19.4. The van der Waals surface area contributed by atoms with E-state index in [1.54, 1.807) is 23.1 Å². The molecule has 1 unspecified atom stereocenters. The number of thiazole rings is 1. The smallest absolute Gasteiger partial charge is 0.167 e. The Morgan fingerprint density at radius 2 is 1.93 bits per heavy atom. The molecule has 1 aromatic carbocycles. The average molecular weight is 402 g/mol. The van der Waals surface area contributed by atoms with Gasteiger partial charge in [-0.05, 0) is 48.8 Å². The fourth-order valence-electron chi connectivity index (χ4n) is 3.88. The van der Waals surface area contributed by atoms with Crippen molar-refractivity contribution in [3.05, 3.63) is 51.7 Å². The molecule has 0 fully saturated rings. The van der Waals surface area contributed by atoms with E-state index in [2.05, 4.69) is 37.9 Å². The molecule has 5 heteroatoms. The summed E-state index contributed by atoms with van der Waals surface area (Å²) in [7, 11) is 0. The van der Waals surface area contributed by atoms with Crippen LogP contribution in [-0.2, 0) is 17.6 Å². The van der Waals surface area contributed by atoms with Crippen LogP contribution in [-0.4, -0.2) is 21.6 Å². The first-order valence-corrected chi connectivity index (χ1v) is 11.5. The zero-order valence-electron chi connectivity index (χ0n) is 16.2. The van der Waals surface area contributed by atoms with Crippen LogP contribution >= 0.6 is 23.1 Å². The summed E-state index contributed by atoms with van der Waals surface area (Å²) >= 11 is 3.38. The maximum absolute atomic E-state index is 13.0. The number of rotatable bonds is 7. The van der Waals surface area contributed by atoms with E-state index in [1.807, 2.05) is 11.6 Å². The van der Waals surface area contributed by atoms with Gasteiger partial charge in [-0.25, -0.2) is 4.98 Å². The number of benzene rings is 1. The third kappa shape index (κ3) is 4.64. The highest BCUT2D eigenvalue weighted by atomic mass is 32.2. The van der Waals surface area contributed by atoms with Crippen LogP contribution in [0, 0.1) is 12.8 Å². The molecule has 1 aliphatic carbocycles. The lowest BCUT2D eigenvalue weighted by atomic mass is 9.79. The highest BCUT2D eigenvalue weighted by Crippen LogP contribution is 2.38. The Morgan fingerprint density at radius 3 is 2.48 bits per heavy atom. The second kappa shape index (κ2) is 9.07. The molecule has 0 saturated carbocycles. The number of hydrogen-bond acceptors (Lipinski definition) is 5. The highest BCUT2D eigenvalue weighted by molar-refractivity contribution is 8.00. The summed E-state index contributed by atoms with van der Waals surface area (Å²) in [6.45, 7) is 6.32. The average Bonchev–Trinajstić information content (AvgIpc) is 3.15. The van der Waals surface area contributed by atoms with Crippen molar-refractivity contribution in [1.29, 1.82) is 0 Å². The van der Waals surface area contributed by atoms with Gasteiger partial charge in [0, 0.05) is 30.2 Å². The van der Waals surface area contributed by atoms with E-state index in [1.165, 1.54) is 16.7 Å². The van der Waals surface area contributed by atoms with E-state index < -0.39 is 0 Å². The molecule has 0 bridgehead atoms. The number of thioether (sulfide) groups is 1. The van der Waals surface area contributed by atoms with E-state index in [-0.39, 0.29) is 17.5 Å². The van der Waals surface area contributed by atoms with Crippen LogP contribution in [0.1, 0.15) is 55.4 Å². The molecule has 0 saturated heterocycles. The van der Waals surface area contributed by atoms with Gasteiger partial charge >= 0.3 is 0 Å². The van der Waals surface area contributed by atoms with Crippen molar-refractivity contribution in [1.82, 2.24) is 4.98 Å². The Hall–Kier alpha value is -1.59. The summed E-state index contributed by atoms with van der Waals surface area (Å²) in [5, 5.41) is 12.8. The predicted molar refractivity (Wildman–Crippen MR) is 115 cm³/mol. The minimum Gasteiger partial charge on any atom is -0.512 e. The number of ketones is 1. The van der Waals surface area contributed by atoms with E-state index in [9.17, 15) is 9.90 Å². The summed E-state index contributed by atoms with van der Waals surface area (Å²) in [5.74, 6) is 1.52. The number of aromatic nitrogens is 1. The van der Waals surface area contributed by atoms with Gasteiger partial charge in [0.15, 0.2) is 5.78 Å². The van der Waals surface area contributed by atoms with Crippen LogP contribution in [0.4, 0.5) is 0 Å². The van der Waals surface area contributed by atoms with Crippen molar-refractivity contribution < 1.29 is 9.90 Å². The van der Waals surface area contributed by atoms with E-state index in [0.29, 0.717) is 18.4 Å². The molecular weight excluding hydrogens is 374 g/mol. The highest BCUT2D eigenvalue weighted by Gasteiger charge is 2.30. The van der Waals surface area contributed by atoms with Crippen molar-refractivity contribution in [2.75, 3.05) is 5.75 Å². The quantitative estimate of drug-likeness (QED) is 0.578. The molecule has 1 aromatic heterocycles. The van der Waals surface area contributed by atoms with Crippen molar-refractivity contribution in [3.63, 3.8) is 0 Å². The molecule has 27 heavy (non-hydrogen) atoms. The maximum atomic E-state index is 13.0. The lowest BCUT2D eigenvalue weighted by Gasteiger charge is -2.26. The van der Waals surface area contributed by atoms with Gasteiger partial charge in [-0.15, -0.1) is 11.3 Å². The topological polar surface area (TPSA) is 50.2 Å². The van der Waals surface area contributed by atoms with Gasteiger partial charge in [0.25, 0.3) is 0 Å². The summed E-state index contributed by atoms with van der Waals surface area (Å²) in [5.41, 5.74) is 5.11. The lowest BCUT2D eigenvalue weighted by Crippen LogP contribution is -2.21. The number of aliphatic hydroxyl groups excluding tert-OH is 1. The van der Waals surface area contributed by atoms with Crippen molar-refractivity contribution >= 4 is 34.5 Å². The number of carbonyl (C=O) groups excluding carboxylic acids is 1. The summed E-state index contributed by atoms with van der Waals surface area (Å²) in [6.07, 6.45) is 5.58. The molecule has 1 heterocycles. The van der Waals surface area contributed by atoms with Gasteiger partial charge in [-0.1, -0.05) is 43.3 Å². The number of aryl methyl sites for hydroxylation is 3. The Bertz CT molecular complexity index is 815. The van der Waals surface area contributed by atoms with Gasteiger partial charge in [0.1, 0.15) is 10.1 Å². The van der Waals surface area contributed by atoms with Gasteiger partial charge in [0.2, 0.25) is 0 Å². The molecule has 0 spiro atoms. The van der Waals surface area contributed by atoms with Crippen LogP contribution < -0.4 is 0 Å². The normalized spacial score (nSPS) is 17.6. The number of allylic oxidation sites excluding steroid dienone is 2. The van der Waals surface area contributed by atoms with Crippen LogP contribution in [0.25, 0.3) is 5.57 Å². The second-order valence-corrected chi connectivity index (χ2v) is 9.36. The minimum absolute atomic E-state index is 0.0938. The van der Waals surface area contributed by atoms with Crippen molar-refractivity contribution in [2.45, 2.75) is 57.2 Å². The van der Waals surface area contributed by atoms with Gasteiger partial charge < -0.3 is 5.11 Å². The van der Waals surface area contributed by atoms with Crippen LogP contribution in [0.15, 0.2) is 33.8 Å². The minimum atomic E-state index is 0.0938. The van der Waals surface area contributed by atoms with Crippen LogP contribution in [0.5, 0.6) is 0 Å². The molecule has 3 nitrogen and oxygen atoms in total. The molecule has 0 aliphatic heterocycles. The van der Waals surface area contributed by atoms with Gasteiger partial charge in [0.05, 0.1) is 5.57 Å². The zero-order valence-corrected chi connectivity index (χ0v) is 17.9. The molecule has 2 aromatic rings. The first kappa shape index (κ1) is 20.2. The van der Waals surface area contributed by atoms with E-state index in [0.717, 1.165) is 34.9 Å². The molecule has 0 radical (unpaired) electrons. The Balaban J connectivity index is 1.80. The summed E-state index contributed by atoms with van der Waals surface area (Å²) < 4.78 is 1.07. The Kier molecular flexibility index (Phi) is 6.77. The molecule has 144 valence electrons. The first-order chi connectivity index (χ1) is 13.0. The molecule has 1 atom stereocenters. The number of carbonyl (C=O) groups is 1. The SMILES string of the molecule is CCc1cc(C)cc(CC)c1C1=C(O)CC(CCSc2nccs2)CC1=O. The maximum Gasteiger partial charge on any atom is 0.167 e.